The topological polar surface area (TPSA) is 114 Å². The van der Waals surface area contributed by atoms with E-state index in [1.165, 1.54) is 17.4 Å². The molecule has 1 atom stereocenters. The van der Waals surface area contributed by atoms with Gasteiger partial charge < -0.3 is 5.11 Å². The highest BCUT2D eigenvalue weighted by molar-refractivity contribution is 7.89. The average Bonchev–Trinajstić information content (AvgIpc) is 3.35. The van der Waals surface area contributed by atoms with Gasteiger partial charge in [0, 0.05) is 25.6 Å². The first-order valence-corrected chi connectivity index (χ1v) is 12.8. The molecular weight excluding hydrogens is 460 g/mol. The van der Waals surface area contributed by atoms with Crippen molar-refractivity contribution >= 4 is 47.5 Å². The Labute approximate surface area is 196 Å². The molecule has 0 unspecified atom stereocenters. The van der Waals surface area contributed by atoms with Crippen LogP contribution >= 0.6 is 11.3 Å². The SMILES string of the molecule is CC(C)[C@H](NS(=O)(=O)c1ccc2c(c1)sc1cc(-n3cc(C(C)(C)C)nn3)ccc12)C(=O)O. The molecule has 0 aliphatic carbocycles. The van der Waals surface area contributed by atoms with E-state index < -0.39 is 22.0 Å². The van der Waals surface area contributed by atoms with E-state index in [1.807, 2.05) is 24.4 Å². The summed E-state index contributed by atoms with van der Waals surface area (Å²) in [7, 11) is -3.99. The maximum atomic E-state index is 12.8. The first-order chi connectivity index (χ1) is 15.4. The van der Waals surface area contributed by atoms with Crippen LogP contribution in [0.2, 0.25) is 0 Å². The van der Waals surface area contributed by atoms with Crippen LogP contribution in [0.4, 0.5) is 0 Å². The van der Waals surface area contributed by atoms with Gasteiger partial charge in [-0.3, -0.25) is 4.79 Å². The lowest BCUT2D eigenvalue weighted by molar-refractivity contribution is -0.140. The molecule has 0 bridgehead atoms. The molecule has 0 radical (unpaired) electrons. The van der Waals surface area contributed by atoms with Gasteiger partial charge in [0.1, 0.15) is 6.04 Å². The summed E-state index contributed by atoms with van der Waals surface area (Å²) in [5, 5.41) is 19.8. The highest BCUT2D eigenvalue weighted by atomic mass is 32.2. The highest BCUT2D eigenvalue weighted by Gasteiger charge is 2.28. The number of carboxylic acid groups (broad SMARTS) is 1. The molecule has 8 nitrogen and oxygen atoms in total. The van der Waals surface area contributed by atoms with Crippen molar-refractivity contribution in [1.29, 1.82) is 0 Å². The van der Waals surface area contributed by atoms with Gasteiger partial charge in [-0.15, -0.1) is 16.4 Å². The summed E-state index contributed by atoms with van der Waals surface area (Å²) in [6, 6.07) is 9.63. The standard InChI is InChI=1S/C23H26N4O4S2/c1-13(2)21(22(28)29)25-33(30,31)15-7-9-17-16-8-6-14(10-18(16)32-19(17)11-15)27-12-20(24-26-27)23(3,4)5/h6-13,21,25H,1-5H3,(H,28,29)/t21-/m0/s1. The molecule has 0 aliphatic heterocycles. The zero-order valence-corrected chi connectivity index (χ0v) is 20.7. The van der Waals surface area contributed by atoms with E-state index in [9.17, 15) is 18.3 Å². The number of sulfonamides is 1. The number of thiophene rings is 1. The number of benzene rings is 2. The molecule has 0 saturated heterocycles. The van der Waals surface area contributed by atoms with Crippen LogP contribution in [0.3, 0.4) is 0 Å². The van der Waals surface area contributed by atoms with E-state index in [-0.39, 0.29) is 16.2 Å². The molecule has 0 fully saturated rings. The number of carboxylic acids is 1. The van der Waals surface area contributed by atoms with Crippen LogP contribution in [0.25, 0.3) is 25.9 Å². The fourth-order valence-corrected chi connectivity index (χ4v) is 6.11. The molecule has 33 heavy (non-hydrogen) atoms. The molecule has 4 aromatic rings. The van der Waals surface area contributed by atoms with Crippen molar-refractivity contribution in [3.05, 3.63) is 48.3 Å². The van der Waals surface area contributed by atoms with Gasteiger partial charge in [-0.25, -0.2) is 13.1 Å². The Morgan fingerprint density at radius 3 is 2.30 bits per heavy atom. The molecule has 4 rings (SSSR count). The smallest absolute Gasteiger partial charge is 0.322 e. The van der Waals surface area contributed by atoms with Gasteiger partial charge in [-0.2, -0.15) is 4.72 Å². The minimum Gasteiger partial charge on any atom is -0.480 e. The van der Waals surface area contributed by atoms with Crippen molar-refractivity contribution in [1.82, 2.24) is 19.7 Å². The first-order valence-electron chi connectivity index (χ1n) is 10.5. The minimum absolute atomic E-state index is 0.0415. The zero-order valence-electron chi connectivity index (χ0n) is 19.0. The average molecular weight is 487 g/mol. The molecular formula is C23H26N4O4S2. The molecule has 2 aromatic carbocycles. The quantitative estimate of drug-likeness (QED) is 0.420. The number of rotatable bonds is 6. The molecule has 0 spiro atoms. The van der Waals surface area contributed by atoms with Crippen LogP contribution in [0.15, 0.2) is 47.5 Å². The number of nitrogens with one attached hydrogen (secondary N) is 1. The Bertz CT molecular complexity index is 1460. The lowest BCUT2D eigenvalue weighted by Crippen LogP contribution is -2.44. The van der Waals surface area contributed by atoms with Crippen LogP contribution in [0.5, 0.6) is 0 Å². The van der Waals surface area contributed by atoms with Gasteiger partial charge in [0.15, 0.2) is 0 Å². The maximum Gasteiger partial charge on any atom is 0.322 e. The third-order valence-corrected chi connectivity index (χ3v) is 8.03. The summed E-state index contributed by atoms with van der Waals surface area (Å²) in [5.74, 6) is -1.59. The van der Waals surface area contributed by atoms with Crippen molar-refractivity contribution in [2.45, 2.75) is 51.0 Å². The van der Waals surface area contributed by atoms with Crippen LogP contribution in [0.1, 0.15) is 40.3 Å². The maximum absolute atomic E-state index is 12.8. The van der Waals surface area contributed by atoms with Crippen LogP contribution < -0.4 is 4.72 Å². The summed E-state index contributed by atoms with van der Waals surface area (Å²) in [6.07, 6.45) is 1.92. The van der Waals surface area contributed by atoms with Gasteiger partial charge in [-0.1, -0.05) is 52.0 Å². The monoisotopic (exact) mass is 486 g/mol. The van der Waals surface area contributed by atoms with Crippen molar-refractivity contribution in [2.24, 2.45) is 5.92 Å². The third kappa shape index (κ3) is 4.50. The highest BCUT2D eigenvalue weighted by Crippen LogP contribution is 2.36. The molecule has 0 saturated carbocycles. The first kappa shape index (κ1) is 23.3. The summed E-state index contributed by atoms with van der Waals surface area (Å²) in [5.41, 5.74) is 1.65. The van der Waals surface area contributed by atoms with Gasteiger partial charge in [0.2, 0.25) is 10.0 Å². The zero-order chi connectivity index (χ0) is 24.1. The van der Waals surface area contributed by atoms with E-state index in [0.717, 1.165) is 31.6 Å². The fourth-order valence-electron chi connectivity index (χ4n) is 3.50. The molecule has 0 amide bonds. The van der Waals surface area contributed by atoms with Crippen molar-refractivity contribution in [3.8, 4) is 5.69 Å². The second-order valence-corrected chi connectivity index (χ2v) is 12.2. The van der Waals surface area contributed by atoms with E-state index in [0.29, 0.717) is 0 Å². The summed E-state index contributed by atoms with van der Waals surface area (Å²) in [6.45, 7) is 9.56. The molecule has 2 heterocycles. The van der Waals surface area contributed by atoms with E-state index in [4.69, 9.17) is 0 Å². The third-order valence-electron chi connectivity index (χ3n) is 5.48. The number of fused-ring (bicyclic) bond motifs is 3. The molecule has 174 valence electrons. The molecule has 2 aromatic heterocycles. The van der Waals surface area contributed by atoms with E-state index >= 15 is 0 Å². The van der Waals surface area contributed by atoms with Gasteiger partial charge >= 0.3 is 5.97 Å². The number of nitrogens with zero attached hydrogens (tertiary/aromatic N) is 3. The Morgan fingerprint density at radius 2 is 1.73 bits per heavy atom. The largest absolute Gasteiger partial charge is 0.480 e. The second kappa shape index (κ2) is 8.19. The fraction of sp³-hybridized carbons (Fsp3) is 0.348. The predicted molar refractivity (Wildman–Crippen MR) is 130 cm³/mol. The number of aliphatic carboxylic acids is 1. The number of carbonyl (C=O) groups is 1. The van der Waals surface area contributed by atoms with Gasteiger partial charge in [0.25, 0.3) is 0 Å². The lowest BCUT2D eigenvalue weighted by Gasteiger charge is -2.18. The number of hydrogen-bond acceptors (Lipinski definition) is 6. The van der Waals surface area contributed by atoms with Gasteiger partial charge in [0.05, 0.1) is 22.5 Å². The van der Waals surface area contributed by atoms with E-state index in [2.05, 4.69) is 35.8 Å². The van der Waals surface area contributed by atoms with E-state index in [1.54, 1.807) is 30.7 Å². The van der Waals surface area contributed by atoms with Crippen molar-refractivity contribution < 1.29 is 18.3 Å². The normalized spacial score (nSPS) is 13.8. The Kier molecular flexibility index (Phi) is 5.80. The Balaban J connectivity index is 1.72. The van der Waals surface area contributed by atoms with Crippen molar-refractivity contribution in [2.75, 3.05) is 0 Å². The summed E-state index contributed by atoms with van der Waals surface area (Å²) >= 11 is 1.47. The predicted octanol–water partition coefficient (Wildman–Crippen LogP) is 4.32. The molecule has 2 N–H and O–H groups in total. The van der Waals surface area contributed by atoms with Gasteiger partial charge in [-0.05, 0) is 30.2 Å². The summed E-state index contributed by atoms with van der Waals surface area (Å²) < 4.78 is 31.5. The minimum atomic E-state index is -3.99. The number of hydrogen-bond donors (Lipinski definition) is 2. The lowest BCUT2D eigenvalue weighted by atomic mass is 9.93. The molecule has 0 aliphatic rings. The van der Waals surface area contributed by atoms with Crippen LogP contribution in [-0.4, -0.2) is 40.5 Å². The Hall–Kier alpha value is -2.82. The summed E-state index contributed by atoms with van der Waals surface area (Å²) in [4.78, 5) is 11.5. The van der Waals surface area contributed by atoms with Crippen LogP contribution in [-0.2, 0) is 20.2 Å². The van der Waals surface area contributed by atoms with Crippen molar-refractivity contribution in [3.63, 3.8) is 0 Å². The van der Waals surface area contributed by atoms with Crippen LogP contribution in [0, 0.1) is 5.92 Å². The Morgan fingerprint density at radius 1 is 1.09 bits per heavy atom. The second-order valence-electron chi connectivity index (χ2n) is 9.42. The number of aromatic nitrogens is 3. The molecule has 10 heteroatoms.